The third kappa shape index (κ3) is 3.04. The summed E-state index contributed by atoms with van der Waals surface area (Å²) in [4.78, 5) is 15.4. The zero-order valence-corrected chi connectivity index (χ0v) is 9.45. The lowest BCUT2D eigenvalue weighted by Crippen LogP contribution is -2.38. The fraction of sp³-hybridized carbons (Fsp3) is 0.700. The van der Waals surface area contributed by atoms with Crippen molar-refractivity contribution >= 4 is 5.91 Å². The Morgan fingerprint density at radius 2 is 2.20 bits per heavy atom. The highest BCUT2D eigenvalue weighted by molar-refractivity contribution is 5.90. The number of aromatic nitrogens is 3. The Labute approximate surface area is 89.7 Å². The number of carbonyl (C=O) groups is 1. The van der Waals surface area contributed by atoms with Gasteiger partial charge in [0.15, 0.2) is 0 Å². The second kappa shape index (κ2) is 5.48. The standard InChI is InChI=1S/C10H18N4O/c1-4-8(5-2)7(3)13-10(15)9-11-6-12-14-9/h6-8H,4-5H2,1-3H3,(H,13,15)(H,11,12,14). The van der Waals surface area contributed by atoms with Gasteiger partial charge in [0.1, 0.15) is 6.33 Å². The summed E-state index contributed by atoms with van der Waals surface area (Å²) in [5.41, 5.74) is 0. The van der Waals surface area contributed by atoms with Gasteiger partial charge >= 0.3 is 0 Å². The maximum absolute atomic E-state index is 11.6. The van der Waals surface area contributed by atoms with Crippen molar-refractivity contribution in [1.82, 2.24) is 20.5 Å². The van der Waals surface area contributed by atoms with Crippen molar-refractivity contribution in [3.63, 3.8) is 0 Å². The highest BCUT2D eigenvalue weighted by Crippen LogP contribution is 2.12. The van der Waals surface area contributed by atoms with Crippen LogP contribution in [0.4, 0.5) is 0 Å². The van der Waals surface area contributed by atoms with E-state index in [4.69, 9.17) is 0 Å². The summed E-state index contributed by atoms with van der Waals surface area (Å²) in [5.74, 6) is 0.594. The number of nitrogens with one attached hydrogen (secondary N) is 2. The van der Waals surface area contributed by atoms with Crippen molar-refractivity contribution in [2.24, 2.45) is 5.92 Å². The van der Waals surface area contributed by atoms with Crippen molar-refractivity contribution in [2.45, 2.75) is 39.7 Å². The zero-order valence-electron chi connectivity index (χ0n) is 9.45. The van der Waals surface area contributed by atoms with E-state index in [1.807, 2.05) is 6.92 Å². The Kier molecular flexibility index (Phi) is 4.27. The number of hydrogen-bond donors (Lipinski definition) is 2. The molecule has 1 atom stereocenters. The first-order chi connectivity index (χ1) is 7.19. The minimum absolute atomic E-state index is 0.164. The van der Waals surface area contributed by atoms with Crippen LogP contribution in [0.3, 0.4) is 0 Å². The van der Waals surface area contributed by atoms with E-state index in [0.717, 1.165) is 12.8 Å². The molecule has 1 heterocycles. The molecular weight excluding hydrogens is 192 g/mol. The molecule has 1 amide bonds. The maximum atomic E-state index is 11.6. The molecule has 5 heteroatoms. The summed E-state index contributed by atoms with van der Waals surface area (Å²) in [6.45, 7) is 6.28. The molecule has 0 radical (unpaired) electrons. The normalized spacial score (nSPS) is 12.8. The summed E-state index contributed by atoms with van der Waals surface area (Å²) >= 11 is 0. The summed E-state index contributed by atoms with van der Waals surface area (Å²) in [7, 11) is 0. The van der Waals surface area contributed by atoms with Crippen LogP contribution in [0, 0.1) is 5.92 Å². The molecule has 0 aliphatic rings. The van der Waals surface area contributed by atoms with Gasteiger partial charge in [-0.1, -0.05) is 26.7 Å². The van der Waals surface area contributed by atoms with E-state index >= 15 is 0 Å². The Morgan fingerprint density at radius 1 is 1.53 bits per heavy atom. The molecular formula is C10H18N4O. The molecule has 1 rings (SSSR count). The molecule has 1 unspecified atom stereocenters. The van der Waals surface area contributed by atoms with Crippen molar-refractivity contribution in [3.8, 4) is 0 Å². The van der Waals surface area contributed by atoms with Crippen LogP contribution >= 0.6 is 0 Å². The van der Waals surface area contributed by atoms with Gasteiger partial charge in [-0.25, -0.2) is 4.98 Å². The lowest BCUT2D eigenvalue weighted by molar-refractivity contribution is 0.0915. The van der Waals surface area contributed by atoms with Gasteiger partial charge < -0.3 is 5.32 Å². The van der Waals surface area contributed by atoms with E-state index in [9.17, 15) is 4.79 Å². The summed E-state index contributed by atoms with van der Waals surface area (Å²) in [6.07, 6.45) is 3.46. The van der Waals surface area contributed by atoms with Gasteiger partial charge in [-0.3, -0.25) is 9.89 Å². The average molecular weight is 210 g/mol. The molecule has 15 heavy (non-hydrogen) atoms. The number of nitrogens with zero attached hydrogens (tertiary/aromatic N) is 2. The highest BCUT2D eigenvalue weighted by Gasteiger charge is 2.17. The van der Waals surface area contributed by atoms with Crippen LogP contribution in [0.2, 0.25) is 0 Å². The van der Waals surface area contributed by atoms with Crippen molar-refractivity contribution in [1.29, 1.82) is 0 Å². The Morgan fingerprint density at radius 3 is 2.67 bits per heavy atom. The van der Waals surface area contributed by atoms with Crippen LogP contribution in [-0.4, -0.2) is 27.1 Å². The second-order valence-corrected chi connectivity index (χ2v) is 3.67. The molecule has 0 fully saturated rings. The van der Waals surface area contributed by atoms with E-state index < -0.39 is 0 Å². The molecule has 1 aromatic rings. The van der Waals surface area contributed by atoms with E-state index in [1.54, 1.807) is 0 Å². The van der Waals surface area contributed by atoms with Gasteiger partial charge in [-0.05, 0) is 12.8 Å². The number of H-pyrrole nitrogens is 1. The van der Waals surface area contributed by atoms with Gasteiger partial charge in [-0.2, -0.15) is 5.10 Å². The predicted octanol–water partition coefficient (Wildman–Crippen LogP) is 1.36. The summed E-state index contributed by atoms with van der Waals surface area (Å²) < 4.78 is 0. The third-order valence-corrected chi connectivity index (χ3v) is 2.74. The Hall–Kier alpha value is -1.39. The van der Waals surface area contributed by atoms with Crippen molar-refractivity contribution in [2.75, 3.05) is 0 Å². The molecule has 0 bridgehead atoms. The largest absolute Gasteiger partial charge is 0.347 e. The molecule has 5 nitrogen and oxygen atoms in total. The molecule has 1 aromatic heterocycles. The zero-order chi connectivity index (χ0) is 11.3. The Bertz CT molecular complexity index is 292. The molecule has 0 saturated heterocycles. The van der Waals surface area contributed by atoms with Gasteiger partial charge in [0.2, 0.25) is 5.82 Å². The Balaban J connectivity index is 2.51. The average Bonchev–Trinajstić information content (AvgIpc) is 2.72. The minimum Gasteiger partial charge on any atom is -0.347 e. The molecule has 84 valence electrons. The fourth-order valence-corrected chi connectivity index (χ4v) is 1.70. The SMILES string of the molecule is CCC(CC)C(C)NC(=O)c1ncn[nH]1. The van der Waals surface area contributed by atoms with Crippen LogP contribution in [0.5, 0.6) is 0 Å². The molecule has 0 aliphatic heterocycles. The van der Waals surface area contributed by atoms with Crippen LogP contribution in [0.1, 0.15) is 44.2 Å². The van der Waals surface area contributed by atoms with Crippen LogP contribution in [-0.2, 0) is 0 Å². The van der Waals surface area contributed by atoms with E-state index in [0.29, 0.717) is 5.92 Å². The first kappa shape index (κ1) is 11.7. The van der Waals surface area contributed by atoms with E-state index in [1.165, 1.54) is 6.33 Å². The molecule has 0 spiro atoms. The van der Waals surface area contributed by atoms with Gasteiger partial charge in [0, 0.05) is 6.04 Å². The second-order valence-electron chi connectivity index (χ2n) is 3.67. The first-order valence-electron chi connectivity index (χ1n) is 5.35. The van der Waals surface area contributed by atoms with E-state index in [-0.39, 0.29) is 17.8 Å². The lowest BCUT2D eigenvalue weighted by atomic mass is 9.95. The van der Waals surface area contributed by atoms with E-state index in [2.05, 4.69) is 34.3 Å². The number of rotatable bonds is 5. The monoisotopic (exact) mass is 210 g/mol. The number of carbonyl (C=O) groups excluding carboxylic acids is 1. The van der Waals surface area contributed by atoms with Gasteiger partial charge in [0.05, 0.1) is 0 Å². The highest BCUT2D eigenvalue weighted by atomic mass is 16.2. The summed E-state index contributed by atoms with van der Waals surface area (Å²) in [6, 6.07) is 0.164. The third-order valence-electron chi connectivity index (χ3n) is 2.74. The van der Waals surface area contributed by atoms with Crippen LogP contribution in [0.25, 0.3) is 0 Å². The first-order valence-corrected chi connectivity index (χ1v) is 5.35. The maximum Gasteiger partial charge on any atom is 0.288 e. The minimum atomic E-state index is -0.188. The summed E-state index contributed by atoms with van der Waals surface area (Å²) in [5, 5.41) is 9.09. The predicted molar refractivity (Wildman–Crippen MR) is 57.4 cm³/mol. The topological polar surface area (TPSA) is 70.7 Å². The van der Waals surface area contributed by atoms with Crippen molar-refractivity contribution < 1.29 is 4.79 Å². The molecule has 0 saturated carbocycles. The number of hydrogen-bond acceptors (Lipinski definition) is 3. The fourth-order valence-electron chi connectivity index (χ4n) is 1.70. The lowest BCUT2D eigenvalue weighted by Gasteiger charge is -2.21. The molecule has 2 N–H and O–H groups in total. The smallest absolute Gasteiger partial charge is 0.288 e. The van der Waals surface area contributed by atoms with Crippen LogP contribution in [0.15, 0.2) is 6.33 Å². The molecule has 0 aliphatic carbocycles. The molecule has 0 aromatic carbocycles. The van der Waals surface area contributed by atoms with Crippen molar-refractivity contribution in [3.05, 3.63) is 12.2 Å². The number of aromatic amines is 1. The van der Waals surface area contributed by atoms with Gasteiger partial charge in [0.25, 0.3) is 5.91 Å². The van der Waals surface area contributed by atoms with Crippen LogP contribution < -0.4 is 5.32 Å². The van der Waals surface area contributed by atoms with Gasteiger partial charge in [-0.15, -0.1) is 0 Å². The quantitative estimate of drug-likeness (QED) is 0.770. The number of amides is 1.